The lowest BCUT2D eigenvalue weighted by Gasteiger charge is -2.22. The predicted octanol–water partition coefficient (Wildman–Crippen LogP) is 24.4. The molecule has 144 heavy (non-hydrogen) atoms. The average Bonchev–Trinajstić information content (AvgIpc) is 1.62. The maximum absolute atomic E-state index is 12.6. The van der Waals surface area contributed by atoms with E-state index in [1.165, 1.54) is 110 Å². The summed E-state index contributed by atoms with van der Waals surface area (Å²) >= 11 is 16.9. The molecule has 15 aromatic rings. The van der Waals surface area contributed by atoms with Crippen molar-refractivity contribution in [3.05, 3.63) is 236 Å². The van der Waals surface area contributed by atoms with Gasteiger partial charge in [-0.05, 0) is 248 Å². The molecule has 0 aliphatic heterocycles. The summed E-state index contributed by atoms with van der Waals surface area (Å²) in [6.45, 7) is 30.2. The van der Waals surface area contributed by atoms with Crippen LogP contribution in [0.4, 0.5) is 0 Å². The standard InChI is InChI=1S/C23H27N3O3S.C22H22BrN3O3S.C21H22BrN3O3S.C21H23N3O3S.C19H18BrN3O3S/c1-14(2)16-10-11-19(18-9-7-6-8-17(16)18)26-15(3)24-25-22(26)30-23(4,5)20(27)12-13-21(28)29;1-22(2,18(27)11-12-19(28)29)30-21-25-24-20(23)26(21)17-10-9-14(13-7-8-13)15-5-3-4-6-16(15)17;1-4-13-9-10-16(15-8-6-5-7-14(13)15)25-19(22)23-24-20(25)29-21(2,3)17(26)11-12-18(27)28;1-13-9-10-17(16-8-6-5-7-15(13)16)24-14(2)22-23-20(24)28-21(3,4)18(25)11-12-19(26)27;1-19(2,15(24)10-11-16(25)26)27-18-22-21-17(20)23(18)14-9-5-7-12-6-3-4-8-13(12)14/h6-11,14H,12-13H2,1-5H3,(H,28,29);3-6,9-10,13H,7-8,11-12H2,1-2H3,(H,28,29);5-10H,4,11-12H2,1-3H3,(H,27,28);5-10H,11-12H2,1-4H3,(H,26,27);3-9H,10-11H2,1-2H3,(H,25,26). The quantitative estimate of drug-likeness (QED) is 0.0224. The number of carboxylic acids is 5. The van der Waals surface area contributed by atoms with E-state index in [0.717, 1.165) is 84.2 Å². The van der Waals surface area contributed by atoms with Crippen LogP contribution < -0.4 is 0 Å². The molecule has 30 nitrogen and oxygen atoms in total. The molecule has 1 saturated carbocycles. The highest BCUT2D eigenvalue weighted by molar-refractivity contribution is 9.11. The molecule has 0 radical (unpaired) electrons. The number of nitrogens with zero attached hydrogens (tertiary/aromatic N) is 15. The minimum absolute atomic E-state index is 0.00405. The number of carboxylic acid groups (broad SMARTS) is 5. The minimum atomic E-state index is -0.981. The van der Waals surface area contributed by atoms with Gasteiger partial charge in [0.2, 0.25) is 14.2 Å². The number of thioether (sulfide) groups is 5. The molecular weight excluding hydrogens is 2120 g/mol. The van der Waals surface area contributed by atoms with Gasteiger partial charge < -0.3 is 25.5 Å². The second-order valence-corrected chi connectivity index (χ2v) is 47.2. The summed E-state index contributed by atoms with van der Waals surface area (Å²) in [5, 5.41) is 101. The van der Waals surface area contributed by atoms with E-state index in [9.17, 15) is 47.9 Å². The fourth-order valence-electron chi connectivity index (χ4n) is 16.1. The topological polar surface area (TPSA) is 425 Å². The van der Waals surface area contributed by atoms with Gasteiger partial charge in [-0.2, -0.15) is 0 Å². The van der Waals surface area contributed by atoms with Crippen LogP contribution in [0, 0.1) is 20.8 Å². The van der Waals surface area contributed by atoms with E-state index < -0.39 is 53.6 Å². The predicted molar refractivity (Wildman–Crippen MR) is 576 cm³/mol. The summed E-state index contributed by atoms with van der Waals surface area (Å²) in [4.78, 5) is 117. The van der Waals surface area contributed by atoms with Crippen molar-refractivity contribution in [2.75, 3.05) is 0 Å². The highest BCUT2D eigenvalue weighted by atomic mass is 79.9. The van der Waals surface area contributed by atoms with E-state index in [0.29, 0.717) is 51.8 Å². The number of ketones is 5. The zero-order valence-electron chi connectivity index (χ0n) is 82.4. The third-order valence-corrected chi connectivity index (χ3v) is 31.7. The lowest BCUT2D eigenvalue weighted by molar-refractivity contribution is -0.139. The normalized spacial score (nSPS) is 12.3. The molecule has 752 valence electrons. The first kappa shape index (κ1) is 111. The Morgan fingerprint density at radius 3 is 0.958 bits per heavy atom. The number of hydrogen-bond acceptors (Lipinski definition) is 25. The lowest BCUT2D eigenvalue weighted by Crippen LogP contribution is -2.28. The Bertz CT molecular complexity index is 7210. The van der Waals surface area contributed by atoms with Gasteiger partial charge in [-0.3, -0.25) is 70.8 Å². The lowest BCUT2D eigenvalue weighted by atomic mass is 9.95. The van der Waals surface area contributed by atoms with Crippen LogP contribution in [0.15, 0.2) is 228 Å². The Labute approximate surface area is 879 Å². The van der Waals surface area contributed by atoms with Crippen molar-refractivity contribution in [3.63, 3.8) is 0 Å². The average molecular weight is 2240 g/mol. The molecular formula is C106H112Br3N15O15S5. The first-order valence-corrected chi connectivity index (χ1v) is 53.0. The number of carbonyl (C=O) groups is 10. The SMILES string of the molecule is CC(C)(Sc1nnc(Br)n1-c1ccc(C2CC2)c2ccccc12)C(=O)CCC(=O)O.CC(C)(Sc1nnc(Br)n1-c1cccc2ccccc12)C(=O)CCC(=O)O.CCc1ccc(-n2c(Br)nnc2SC(C)(C)C(=O)CCC(=O)O)c2ccccc12.Cc1ccc(-n2c(C)nnc2SC(C)(C)C(=O)CCC(=O)O)c2ccccc12.Cc1nnc(SC(C)(C)C(=O)CCC(=O)O)n1-c1ccc(C(C)C)c2ccccc12. The maximum atomic E-state index is 12.6. The van der Waals surface area contributed by atoms with Crippen LogP contribution >= 0.6 is 107 Å². The molecule has 5 aromatic heterocycles. The highest BCUT2D eigenvalue weighted by Gasteiger charge is 2.39. The maximum Gasteiger partial charge on any atom is 0.303 e. The van der Waals surface area contributed by atoms with Crippen LogP contribution in [0.2, 0.25) is 0 Å². The van der Waals surface area contributed by atoms with Crippen molar-refractivity contribution < 1.29 is 73.5 Å². The molecule has 0 bridgehead atoms. The zero-order chi connectivity index (χ0) is 105. The molecule has 1 aliphatic rings. The fraction of sp³-hybridized carbons (Fsp3) is 0.340. The van der Waals surface area contributed by atoms with Gasteiger partial charge in [0.15, 0.2) is 25.8 Å². The Kier molecular flexibility index (Phi) is 36.9. The summed E-state index contributed by atoms with van der Waals surface area (Å²) in [5.74, 6) is -3.05. The van der Waals surface area contributed by atoms with Gasteiger partial charge in [0.05, 0.1) is 84.3 Å². The molecule has 38 heteroatoms. The monoisotopic (exact) mass is 2230 g/mol. The van der Waals surface area contributed by atoms with E-state index in [4.69, 9.17) is 25.5 Å². The molecule has 1 aliphatic carbocycles. The Morgan fingerprint density at radius 2 is 0.590 bits per heavy atom. The van der Waals surface area contributed by atoms with Crippen LogP contribution in [0.5, 0.6) is 0 Å². The molecule has 10 aromatic carbocycles. The van der Waals surface area contributed by atoms with Crippen LogP contribution in [0.1, 0.15) is 213 Å². The minimum Gasteiger partial charge on any atom is -0.481 e. The van der Waals surface area contributed by atoms with Gasteiger partial charge in [0.25, 0.3) is 0 Å². The molecule has 16 rings (SSSR count). The molecule has 0 atom stereocenters. The number of Topliss-reactive ketones (excluding diaryl/α,β-unsaturated/α-hetero) is 5. The number of hydrogen-bond donors (Lipinski definition) is 5. The summed E-state index contributed by atoms with van der Waals surface area (Å²) in [6.07, 6.45) is 2.47. The van der Waals surface area contributed by atoms with Crippen molar-refractivity contribution in [1.82, 2.24) is 73.8 Å². The summed E-state index contributed by atoms with van der Waals surface area (Å²) in [5.41, 5.74) is 9.79. The molecule has 0 spiro atoms. The number of carbonyl (C=O) groups excluding carboxylic acids is 5. The number of aromatic nitrogens is 15. The Hall–Kier alpha value is -11.9. The number of fused-ring (bicyclic) bond motifs is 5. The first-order valence-electron chi connectivity index (χ1n) is 46.5. The number of halogens is 3. The first-order chi connectivity index (χ1) is 68.1. The smallest absolute Gasteiger partial charge is 0.303 e. The van der Waals surface area contributed by atoms with Crippen LogP contribution in [-0.2, 0) is 54.4 Å². The van der Waals surface area contributed by atoms with E-state index in [1.807, 2.05) is 134 Å². The van der Waals surface area contributed by atoms with Gasteiger partial charge in [0, 0.05) is 59.0 Å². The second kappa shape index (κ2) is 48.0. The van der Waals surface area contributed by atoms with Crippen LogP contribution in [-0.4, -0.2) is 182 Å². The molecule has 0 saturated heterocycles. The van der Waals surface area contributed by atoms with Gasteiger partial charge in [0.1, 0.15) is 40.6 Å². The Morgan fingerprint density at radius 1 is 0.312 bits per heavy atom. The van der Waals surface area contributed by atoms with Crippen molar-refractivity contribution in [1.29, 1.82) is 0 Å². The van der Waals surface area contributed by atoms with Crippen molar-refractivity contribution in [3.8, 4) is 28.4 Å². The highest BCUT2D eigenvalue weighted by Crippen LogP contribution is 2.48. The van der Waals surface area contributed by atoms with E-state index in [2.05, 4.69) is 217 Å². The van der Waals surface area contributed by atoms with Gasteiger partial charge in [-0.15, -0.1) is 51.0 Å². The summed E-state index contributed by atoms with van der Waals surface area (Å²) in [6, 6.07) is 63.6. The molecule has 0 amide bonds. The third-order valence-electron chi connectivity index (χ3n) is 24.3. The van der Waals surface area contributed by atoms with Gasteiger partial charge >= 0.3 is 29.8 Å². The van der Waals surface area contributed by atoms with E-state index in [1.54, 1.807) is 69.2 Å². The van der Waals surface area contributed by atoms with Gasteiger partial charge in [-0.1, -0.05) is 237 Å². The van der Waals surface area contributed by atoms with Crippen molar-refractivity contribution >= 4 is 219 Å². The number of benzene rings is 10. The number of aliphatic carboxylic acids is 5. The van der Waals surface area contributed by atoms with E-state index >= 15 is 0 Å². The van der Waals surface area contributed by atoms with Crippen molar-refractivity contribution in [2.45, 2.75) is 256 Å². The van der Waals surface area contributed by atoms with Crippen molar-refractivity contribution in [2.24, 2.45) is 0 Å². The van der Waals surface area contributed by atoms with Gasteiger partial charge in [-0.25, -0.2) is 0 Å². The molecule has 5 N–H and O–H groups in total. The summed E-state index contributed by atoms with van der Waals surface area (Å²) in [7, 11) is 0. The summed E-state index contributed by atoms with van der Waals surface area (Å²) < 4.78 is 7.11. The zero-order valence-corrected chi connectivity index (χ0v) is 91.3. The third kappa shape index (κ3) is 27.1. The van der Waals surface area contributed by atoms with Crippen LogP contribution in [0.3, 0.4) is 0 Å². The Balaban J connectivity index is 0.000000161. The van der Waals surface area contributed by atoms with E-state index in [-0.39, 0.29) is 93.1 Å². The van der Waals surface area contributed by atoms with Crippen LogP contribution in [0.25, 0.3) is 82.3 Å². The molecule has 5 heterocycles. The number of rotatable bonds is 38. The molecule has 0 unspecified atom stereocenters. The fourth-order valence-corrected chi connectivity index (χ4v) is 23.0. The number of aryl methyl sites for hydroxylation is 4. The second-order valence-electron chi connectivity index (χ2n) is 37.1. The molecule has 1 fully saturated rings. The largest absolute Gasteiger partial charge is 0.481 e.